The Morgan fingerprint density at radius 2 is 1.64 bits per heavy atom. The van der Waals surface area contributed by atoms with Gasteiger partial charge >= 0.3 is 0 Å². The maximum Gasteiger partial charge on any atom is 0.265 e. The number of hydrogen-bond acceptors (Lipinski definition) is 9. The summed E-state index contributed by atoms with van der Waals surface area (Å²) in [6, 6.07) is 1.37. The molecule has 0 radical (unpaired) electrons. The molecule has 4 aliphatic heterocycles. The number of thiol groups is 1. The van der Waals surface area contributed by atoms with E-state index in [0.29, 0.717) is 15.6 Å². The summed E-state index contributed by atoms with van der Waals surface area (Å²) in [6.45, 7) is 3.65. The highest BCUT2D eigenvalue weighted by Crippen LogP contribution is 2.38. The van der Waals surface area contributed by atoms with Crippen LogP contribution in [0.25, 0.3) is 0 Å². The molecule has 45 heavy (non-hydrogen) atoms. The number of nitrogens with two attached hydrogens (primary N) is 1. The fourth-order valence-electron chi connectivity index (χ4n) is 6.08. The van der Waals surface area contributed by atoms with Crippen LogP contribution in [-0.2, 0) is 4.79 Å². The predicted molar refractivity (Wildman–Crippen MR) is 165 cm³/mol. The van der Waals surface area contributed by atoms with E-state index < -0.39 is 65.0 Å². The smallest absolute Gasteiger partial charge is 0.265 e. The number of nitrogen functional groups attached to an aromatic ring is 1. The number of amides is 5. The fraction of sp³-hybridized carbons (Fsp3) is 0.345. The van der Waals surface area contributed by atoms with E-state index in [1.165, 1.54) is 12.1 Å². The number of carbonyl (C=O) groups is 5. The summed E-state index contributed by atoms with van der Waals surface area (Å²) in [5, 5.41) is 19.3. The van der Waals surface area contributed by atoms with Gasteiger partial charge in [-0.2, -0.15) is 11.4 Å². The lowest BCUT2D eigenvalue weighted by Gasteiger charge is -2.35. The summed E-state index contributed by atoms with van der Waals surface area (Å²) in [6.07, 6.45) is -0.882. The second-order valence-corrected chi connectivity index (χ2v) is 13.1. The second-order valence-electron chi connectivity index (χ2n) is 11.4. The number of nitrogens with one attached hydrogen (secondary N) is 3. The molecule has 6 N–H and O–H groups in total. The maximum absolute atomic E-state index is 15.8. The number of anilines is 2. The SMILES string of the molecule is CC(C)Nc1ccc(F)c2c1C(=O)N(C1CC/C(=[SH]\c3cc(N)c4c(c3F)C(=O)N(C3CCC(=S)NC3=O)C4=O)NC1O)C2=O. The monoisotopic (exact) mass is 658 g/mol. The van der Waals surface area contributed by atoms with E-state index in [0.717, 1.165) is 11.0 Å². The molecule has 3 atom stereocenters. The zero-order chi connectivity index (χ0) is 32.5. The van der Waals surface area contributed by atoms with Gasteiger partial charge in [0.2, 0.25) is 5.91 Å². The quantitative estimate of drug-likeness (QED) is 0.121. The Balaban J connectivity index is 1.25. The number of fused-ring (bicyclic) bond motifs is 2. The number of thiocarbonyl (C=S) groups is 1. The van der Waals surface area contributed by atoms with E-state index in [9.17, 15) is 33.5 Å². The molecule has 6 rings (SSSR count). The Kier molecular flexibility index (Phi) is 7.79. The fourth-order valence-corrected chi connectivity index (χ4v) is 7.44. The third kappa shape index (κ3) is 5.01. The Morgan fingerprint density at radius 1 is 0.978 bits per heavy atom. The molecule has 2 fully saturated rings. The number of benzene rings is 2. The first-order chi connectivity index (χ1) is 21.3. The van der Waals surface area contributed by atoms with Crippen molar-refractivity contribution in [1.29, 1.82) is 0 Å². The summed E-state index contributed by atoms with van der Waals surface area (Å²) in [4.78, 5) is 67.7. The molecule has 0 spiro atoms. The Labute approximate surface area is 264 Å². The molecule has 236 valence electrons. The first-order valence-electron chi connectivity index (χ1n) is 14.1. The molecule has 2 saturated heterocycles. The number of carbonyl (C=O) groups excluding carboxylic acids is 5. The minimum Gasteiger partial charge on any atom is -0.398 e. The van der Waals surface area contributed by atoms with Gasteiger partial charge in [-0.25, -0.2) is 8.78 Å². The van der Waals surface area contributed by atoms with Gasteiger partial charge in [-0.1, -0.05) is 12.2 Å². The van der Waals surface area contributed by atoms with Crippen LogP contribution >= 0.6 is 23.6 Å². The van der Waals surface area contributed by atoms with Gasteiger partial charge in [0.15, 0.2) is 0 Å². The molecular weight excluding hydrogens is 630 g/mol. The van der Waals surface area contributed by atoms with Crippen LogP contribution in [0.1, 0.15) is 81.0 Å². The number of hydrogen-bond donors (Lipinski definition) is 6. The standard InChI is InChI=1S/C29H28F2N6O6S2/c1-10(2)33-13-4-3-11(30)19-21(13)28(42)36(26(19)40)15-6-8-18(35-25(15)39)45-16-9-12(32)20-22(23(16)31)29(43)37(27(20)41)14-5-7-17(44)34-24(14)38/h3-4,9-10,14-15,25,33,35,39,45H,5-8,32H2,1-2H3,(H,34,38,44). The van der Waals surface area contributed by atoms with Gasteiger partial charge in [-0.3, -0.25) is 39.1 Å². The molecule has 5 amide bonds. The maximum atomic E-state index is 15.8. The van der Waals surface area contributed by atoms with Crippen molar-refractivity contribution in [2.75, 3.05) is 11.1 Å². The van der Waals surface area contributed by atoms with Crippen molar-refractivity contribution in [2.24, 2.45) is 0 Å². The highest BCUT2D eigenvalue weighted by molar-refractivity contribution is 7.98. The molecule has 16 heteroatoms. The summed E-state index contributed by atoms with van der Waals surface area (Å²) < 4.78 is 30.6. The van der Waals surface area contributed by atoms with E-state index >= 15 is 4.39 Å². The lowest BCUT2D eigenvalue weighted by molar-refractivity contribution is -0.124. The van der Waals surface area contributed by atoms with Crippen molar-refractivity contribution >= 4 is 74.5 Å². The Hall–Kier alpha value is -4.12. The van der Waals surface area contributed by atoms with Crippen molar-refractivity contribution in [3.8, 4) is 0 Å². The molecule has 0 aliphatic carbocycles. The van der Waals surface area contributed by atoms with E-state index in [-0.39, 0.29) is 75.3 Å². The van der Waals surface area contributed by atoms with Gasteiger partial charge in [0.25, 0.3) is 23.6 Å². The number of aliphatic hydroxyl groups excluding tert-OH is 1. The summed E-state index contributed by atoms with van der Waals surface area (Å²) in [7, 11) is 0. The lowest BCUT2D eigenvalue weighted by Crippen LogP contribution is -2.56. The summed E-state index contributed by atoms with van der Waals surface area (Å²) >= 11 is 5.17. The van der Waals surface area contributed by atoms with E-state index in [1.54, 1.807) is 0 Å². The topological polar surface area (TPSA) is 174 Å². The van der Waals surface area contributed by atoms with E-state index in [1.807, 2.05) is 13.8 Å². The van der Waals surface area contributed by atoms with Gasteiger partial charge in [0.05, 0.1) is 33.3 Å². The molecule has 2 aromatic rings. The molecule has 0 aromatic heterocycles. The molecule has 12 nitrogen and oxygen atoms in total. The Bertz CT molecular complexity index is 1780. The minimum atomic E-state index is -1.47. The zero-order valence-electron chi connectivity index (χ0n) is 23.9. The third-order valence-electron chi connectivity index (χ3n) is 8.07. The summed E-state index contributed by atoms with van der Waals surface area (Å²) in [5.41, 5.74) is 4.91. The van der Waals surface area contributed by atoms with Crippen molar-refractivity contribution < 1.29 is 37.9 Å². The van der Waals surface area contributed by atoms with Crippen LogP contribution in [0.2, 0.25) is 0 Å². The van der Waals surface area contributed by atoms with Crippen LogP contribution in [0, 0.1) is 11.6 Å². The average molecular weight is 659 g/mol. The van der Waals surface area contributed by atoms with Crippen molar-refractivity contribution in [1.82, 2.24) is 20.4 Å². The molecule has 4 heterocycles. The minimum absolute atomic E-state index is 0.0659. The molecule has 4 aliphatic rings. The number of piperidine rings is 2. The Morgan fingerprint density at radius 3 is 2.31 bits per heavy atom. The molecule has 2 aromatic carbocycles. The van der Waals surface area contributed by atoms with Crippen LogP contribution < -0.4 is 21.7 Å². The van der Waals surface area contributed by atoms with Crippen LogP contribution in [0.5, 0.6) is 0 Å². The van der Waals surface area contributed by atoms with E-state index in [4.69, 9.17) is 18.0 Å². The van der Waals surface area contributed by atoms with Crippen molar-refractivity contribution in [2.45, 2.75) is 68.8 Å². The molecular formula is C29H28F2N6O6S2. The third-order valence-corrected chi connectivity index (χ3v) is 9.56. The second kappa shape index (κ2) is 11.3. The van der Waals surface area contributed by atoms with Crippen LogP contribution in [0.3, 0.4) is 0 Å². The van der Waals surface area contributed by atoms with Crippen LogP contribution in [0.4, 0.5) is 20.2 Å². The predicted octanol–water partition coefficient (Wildman–Crippen LogP) is 1.89. The number of halogens is 2. The average Bonchev–Trinajstić information content (AvgIpc) is 3.38. The van der Waals surface area contributed by atoms with Gasteiger partial charge in [-0.05, 0) is 51.3 Å². The van der Waals surface area contributed by atoms with Gasteiger partial charge < -0.3 is 21.5 Å². The van der Waals surface area contributed by atoms with E-state index in [2.05, 4.69) is 16.0 Å². The largest absolute Gasteiger partial charge is 0.398 e. The van der Waals surface area contributed by atoms with Crippen LogP contribution in [0.15, 0.2) is 23.1 Å². The van der Waals surface area contributed by atoms with Gasteiger partial charge in [0, 0.05) is 33.7 Å². The summed E-state index contributed by atoms with van der Waals surface area (Å²) in [5.74, 6) is -5.98. The normalized spacial score (nSPS) is 24.3. The highest BCUT2D eigenvalue weighted by Gasteiger charge is 2.48. The van der Waals surface area contributed by atoms with Crippen LogP contribution in [-0.4, -0.2) is 78.8 Å². The molecule has 0 saturated carbocycles. The van der Waals surface area contributed by atoms with Crippen molar-refractivity contribution in [3.63, 3.8) is 0 Å². The first kappa shape index (κ1) is 30.9. The molecule has 3 unspecified atom stereocenters. The first-order valence-corrected chi connectivity index (χ1v) is 15.4. The lowest BCUT2D eigenvalue weighted by atomic mass is 10.0. The zero-order valence-corrected chi connectivity index (χ0v) is 25.7. The number of nitrogens with zero attached hydrogens (tertiary/aromatic N) is 2. The number of aliphatic hydroxyl groups is 1. The molecule has 0 bridgehead atoms. The van der Waals surface area contributed by atoms with Gasteiger partial charge in [0.1, 0.15) is 23.9 Å². The highest BCUT2D eigenvalue weighted by atomic mass is 32.1. The van der Waals surface area contributed by atoms with Gasteiger partial charge in [-0.15, -0.1) is 0 Å². The number of imide groups is 2. The number of rotatable bonds is 5. The van der Waals surface area contributed by atoms with Crippen molar-refractivity contribution in [3.05, 3.63) is 52.1 Å².